The van der Waals surface area contributed by atoms with E-state index in [-0.39, 0.29) is 24.4 Å². The maximum Gasteiger partial charge on any atom is 0.221 e. The van der Waals surface area contributed by atoms with Gasteiger partial charge in [0, 0.05) is 18.5 Å². The number of hydrogen-bond donors (Lipinski definition) is 2. The van der Waals surface area contributed by atoms with Crippen LogP contribution in [0, 0.1) is 0 Å². The Morgan fingerprint density at radius 1 is 1.12 bits per heavy atom. The van der Waals surface area contributed by atoms with Gasteiger partial charge in [0.05, 0.1) is 13.2 Å². The van der Waals surface area contributed by atoms with E-state index in [1.165, 1.54) is 0 Å². The van der Waals surface area contributed by atoms with E-state index in [4.69, 9.17) is 4.74 Å². The quantitative estimate of drug-likeness (QED) is 0.804. The Kier molecular flexibility index (Phi) is 8.30. The first-order valence-electron chi connectivity index (χ1n) is 7.83. The highest BCUT2D eigenvalue weighted by Gasteiger charge is 2.10. The molecule has 0 aliphatic rings. The monoisotopic (exact) mass is 348 g/mol. The summed E-state index contributed by atoms with van der Waals surface area (Å²) in [4.78, 5) is 11.8. The fourth-order valence-electron chi connectivity index (χ4n) is 2.47. The van der Waals surface area contributed by atoms with Gasteiger partial charge in [0.1, 0.15) is 5.75 Å². The molecule has 0 aromatic heterocycles. The Bertz CT molecular complexity index is 644. The summed E-state index contributed by atoms with van der Waals surface area (Å²) >= 11 is 0. The molecule has 0 fully saturated rings. The maximum absolute atomic E-state index is 11.8. The van der Waals surface area contributed by atoms with Crippen molar-refractivity contribution in [2.45, 2.75) is 19.4 Å². The van der Waals surface area contributed by atoms with Gasteiger partial charge in [-0.3, -0.25) is 4.79 Å². The van der Waals surface area contributed by atoms with Crippen LogP contribution in [0.5, 0.6) is 5.75 Å². The van der Waals surface area contributed by atoms with Gasteiger partial charge in [-0.05, 0) is 31.2 Å². The van der Waals surface area contributed by atoms with E-state index < -0.39 is 0 Å². The van der Waals surface area contributed by atoms with Crippen LogP contribution < -0.4 is 15.4 Å². The van der Waals surface area contributed by atoms with E-state index >= 15 is 0 Å². The summed E-state index contributed by atoms with van der Waals surface area (Å²) in [7, 11) is 3.52. The Morgan fingerprint density at radius 2 is 1.79 bits per heavy atom. The van der Waals surface area contributed by atoms with Crippen LogP contribution in [0.2, 0.25) is 0 Å². The summed E-state index contributed by atoms with van der Waals surface area (Å²) < 4.78 is 5.40. The van der Waals surface area contributed by atoms with Crippen LogP contribution in [0.25, 0.3) is 11.1 Å². The number of amides is 1. The van der Waals surface area contributed by atoms with E-state index in [0.717, 1.165) is 22.4 Å². The third kappa shape index (κ3) is 5.25. The van der Waals surface area contributed by atoms with Gasteiger partial charge in [-0.1, -0.05) is 42.5 Å². The number of rotatable bonds is 7. The highest BCUT2D eigenvalue weighted by Crippen LogP contribution is 2.30. The summed E-state index contributed by atoms with van der Waals surface area (Å²) in [5, 5.41) is 5.98. The van der Waals surface area contributed by atoms with Crippen LogP contribution in [-0.2, 0) is 4.79 Å². The number of benzene rings is 2. The molecule has 4 nitrogen and oxygen atoms in total. The smallest absolute Gasteiger partial charge is 0.221 e. The van der Waals surface area contributed by atoms with Crippen molar-refractivity contribution in [2.24, 2.45) is 0 Å². The lowest BCUT2D eigenvalue weighted by atomic mass is 10.0. The third-order valence-electron chi connectivity index (χ3n) is 3.81. The van der Waals surface area contributed by atoms with E-state index in [9.17, 15) is 4.79 Å². The Morgan fingerprint density at radius 3 is 2.42 bits per heavy atom. The molecule has 0 aliphatic heterocycles. The van der Waals surface area contributed by atoms with Crippen LogP contribution >= 0.6 is 12.4 Å². The number of methoxy groups -OCH3 is 1. The predicted molar refractivity (Wildman–Crippen MR) is 101 cm³/mol. The number of nitrogens with one attached hydrogen (secondary N) is 2. The van der Waals surface area contributed by atoms with Crippen molar-refractivity contribution >= 4 is 18.3 Å². The lowest BCUT2D eigenvalue weighted by Gasteiger charge is -2.15. The molecule has 24 heavy (non-hydrogen) atoms. The molecule has 1 atom stereocenters. The van der Waals surface area contributed by atoms with Crippen LogP contribution in [0.1, 0.15) is 24.9 Å². The normalized spacial score (nSPS) is 11.3. The molecule has 0 bridgehead atoms. The SMILES string of the molecule is CNCCC(=O)NC(C)c1ccc(-c2ccccc2OC)cc1.Cl. The van der Waals surface area contributed by atoms with Crippen LogP contribution in [-0.4, -0.2) is 26.6 Å². The molecule has 2 aromatic carbocycles. The fourth-order valence-corrected chi connectivity index (χ4v) is 2.47. The third-order valence-corrected chi connectivity index (χ3v) is 3.81. The minimum absolute atomic E-state index is 0. The zero-order valence-electron chi connectivity index (χ0n) is 14.3. The highest BCUT2D eigenvalue weighted by atomic mass is 35.5. The summed E-state index contributed by atoms with van der Waals surface area (Å²) in [5.41, 5.74) is 3.24. The first kappa shape index (κ1) is 20.0. The molecule has 0 heterocycles. The summed E-state index contributed by atoms with van der Waals surface area (Å²) in [6, 6.07) is 16.1. The Labute approximate surface area is 150 Å². The van der Waals surface area contributed by atoms with Gasteiger partial charge in [-0.25, -0.2) is 0 Å². The van der Waals surface area contributed by atoms with Gasteiger partial charge in [-0.2, -0.15) is 0 Å². The molecule has 130 valence electrons. The second-order valence-electron chi connectivity index (χ2n) is 5.47. The predicted octanol–water partition coefficient (Wildman–Crippen LogP) is 3.57. The fraction of sp³-hybridized carbons (Fsp3) is 0.316. The number of carbonyl (C=O) groups is 1. The zero-order chi connectivity index (χ0) is 16.7. The van der Waals surface area contributed by atoms with Crippen molar-refractivity contribution in [3.05, 3.63) is 54.1 Å². The van der Waals surface area contributed by atoms with E-state index in [1.54, 1.807) is 7.11 Å². The molecule has 0 saturated heterocycles. The number of ether oxygens (including phenoxy) is 1. The zero-order valence-corrected chi connectivity index (χ0v) is 15.2. The largest absolute Gasteiger partial charge is 0.496 e. The molecule has 2 rings (SSSR count). The Hall–Kier alpha value is -2.04. The topological polar surface area (TPSA) is 50.4 Å². The van der Waals surface area contributed by atoms with E-state index in [2.05, 4.69) is 22.8 Å². The van der Waals surface area contributed by atoms with E-state index in [1.807, 2.05) is 50.4 Å². The maximum atomic E-state index is 11.8. The van der Waals surface area contributed by atoms with Gasteiger partial charge < -0.3 is 15.4 Å². The van der Waals surface area contributed by atoms with Crippen molar-refractivity contribution < 1.29 is 9.53 Å². The highest BCUT2D eigenvalue weighted by molar-refractivity contribution is 5.85. The molecule has 0 spiro atoms. The number of hydrogen-bond acceptors (Lipinski definition) is 3. The molecule has 0 aliphatic carbocycles. The molecule has 0 saturated carbocycles. The second kappa shape index (κ2) is 9.96. The van der Waals surface area contributed by atoms with Gasteiger partial charge in [0.25, 0.3) is 0 Å². The lowest BCUT2D eigenvalue weighted by Crippen LogP contribution is -2.29. The minimum Gasteiger partial charge on any atom is -0.496 e. The van der Waals surface area contributed by atoms with Gasteiger partial charge >= 0.3 is 0 Å². The summed E-state index contributed by atoms with van der Waals surface area (Å²) in [6.07, 6.45) is 0.486. The molecule has 1 unspecified atom stereocenters. The van der Waals surface area contributed by atoms with Crippen molar-refractivity contribution in [1.82, 2.24) is 10.6 Å². The number of carbonyl (C=O) groups excluding carboxylic acids is 1. The molecular formula is C19H25ClN2O2. The number of para-hydroxylation sites is 1. The van der Waals surface area contributed by atoms with Gasteiger partial charge in [-0.15, -0.1) is 12.4 Å². The lowest BCUT2D eigenvalue weighted by molar-refractivity contribution is -0.121. The first-order chi connectivity index (χ1) is 11.2. The van der Waals surface area contributed by atoms with Crippen molar-refractivity contribution in [3.63, 3.8) is 0 Å². The molecule has 5 heteroatoms. The van der Waals surface area contributed by atoms with E-state index in [0.29, 0.717) is 13.0 Å². The molecule has 2 N–H and O–H groups in total. The molecular weight excluding hydrogens is 324 g/mol. The molecule has 1 amide bonds. The van der Waals surface area contributed by atoms with Crippen molar-refractivity contribution in [1.29, 1.82) is 0 Å². The van der Waals surface area contributed by atoms with Crippen molar-refractivity contribution in [3.8, 4) is 16.9 Å². The average Bonchev–Trinajstić information content (AvgIpc) is 2.60. The molecule has 0 radical (unpaired) electrons. The van der Waals surface area contributed by atoms with Crippen molar-refractivity contribution in [2.75, 3.05) is 20.7 Å². The standard InChI is InChI=1S/C19H24N2O2.ClH/c1-14(21-19(22)12-13-20-2)15-8-10-16(11-9-15)17-6-4-5-7-18(17)23-3;/h4-11,14,20H,12-13H2,1-3H3,(H,21,22);1H. The van der Waals surface area contributed by atoms with Crippen LogP contribution in [0.15, 0.2) is 48.5 Å². The van der Waals surface area contributed by atoms with Crippen LogP contribution in [0.4, 0.5) is 0 Å². The second-order valence-corrected chi connectivity index (χ2v) is 5.47. The minimum atomic E-state index is -0.00826. The Balaban J connectivity index is 0.00000288. The van der Waals surface area contributed by atoms with Gasteiger partial charge in [0.15, 0.2) is 0 Å². The number of halogens is 1. The first-order valence-corrected chi connectivity index (χ1v) is 7.83. The van der Waals surface area contributed by atoms with Gasteiger partial charge in [0.2, 0.25) is 5.91 Å². The average molecular weight is 349 g/mol. The summed E-state index contributed by atoms with van der Waals surface area (Å²) in [5.74, 6) is 0.911. The van der Waals surface area contributed by atoms with Crippen LogP contribution in [0.3, 0.4) is 0 Å². The summed E-state index contributed by atoms with van der Waals surface area (Å²) in [6.45, 7) is 2.68. The molecule has 2 aromatic rings.